The Morgan fingerprint density at radius 1 is 0.833 bits per heavy atom. The minimum atomic E-state index is -3.80. The van der Waals surface area contributed by atoms with E-state index in [1.54, 1.807) is 42.5 Å². The normalized spacial score (nSPS) is 12.4. The standard InChI is InChI=1S/C24H26N2O3S/c1-18(2)17-23(19-11-5-3-6-12-19)25-24(27)21-15-9-10-16-22(21)26-30(28,29)20-13-7-4-8-14-20/h3-16,18,23,26H,17H2,1-2H3,(H,25,27)/t23-/m1/s1. The molecule has 6 heteroatoms. The first-order chi connectivity index (χ1) is 14.4. The third-order valence-corrected chi connectivity index (χ3v) is 6.07. The van der Waals surface area contributed by atoms with E-state index in [9.17, 15) is 13.2 Å². The molecule has 0 aliphatic carbocycles. The summed E-state index contributed by atoms with van der Waals surface area (Å²) in [5, 5.41) is 3.07. The molecular formula is C24H26N2O3S. The highest BCUT2D eigenvalue weighted by Crippen LogP contribution is 2.24. The van der Waals surface area contributed by atoms with Crippen molar-refractivity contribution in [2.45, 2.75) is 31.2 Å². The van der Waals surface area contributed by atoms with E-state index in [1.807, 2.05) is 30.3 Å². The molecule has 5 nitrogen and oxygen atoms in total. The molecule has 0 heterocycles. The molecule has 3 rings (SSSR count). The van der Waals surface area contributed by atoms with Gasteiger partial charge >= 0.3 is 0 Å². The molecular weight excluding hydrogens is 396 g/mol. The lowest BCUT2D eigenvalue weighted by molar-refractivity contribution is 0.0933. The van der Waals surface area contributed by atoms with E-state index in [0.29, 0.717) is 5.92 Å². The Morgan fingerprint density at radius 2 is 1.40 bits per heavy atom. The molecule has 0 radical (unpaired) electrons. The third kappa shape index (κ3) is 5.48. The van der Waals surface area contributed by atoms with Crippen LogP contribution in [0.15, 0.2) is 89.8 Å². The summed E-state index contributed by atoms with van der Waals surface area (Å²) in [5.41, 5.74) is 1.54. The fourth-order valence-electron chi connectivity index (χ4n) is 3.24. The van der Waals surface area contributed by atoms with Gasteiger partial charge in [0.1, 0.15) is 0 Å². The molecule has 0 aliphatic heterocycles. The maximum Gasteiger partial charge on any atom is 0.261 e. The number of carbonyl (C=O) groups excluding carboxylic acids is 1. The van der Waals surface area contributed by atoms with Gasteiger partial charge < -0.3 is 5.32 Å². The molecule has 0 aliphatic rings. The van der Waals surface area contributed by atoms with Gasteiger partial charge in [0.05, 0.1) is 22.2 Å². The Hall–Kier alpha value is -3.12. The molecule has 0 bridgehead atoms. The van der Waals surface area contributed by atoms with Crippen molar-refractivity contribution in [1.82, 2.24) is 5.32 Å². The lowest BCUT2D eigenvalue weighted by atomic mass is 9.96. The predicted octanol–water partition coefficient (Wildman–Crippen LogP) is 5.00. The molecule has 0 fully saturated rings. The van der Waals surface area contributed by atoms with Gasteiger partial charge in [0.2, 0.25) is 0 Å². The van der Waals surface area contributed by atoms with Crippen molar-refractivity contribution in [2.75, 3.05) is 4.72 Å². The summed E-state index contributed by atoms with van der Waals surface area (Å²) in [7, 11) is -3.80. The first-order valence-corrected chi connectivity index (χ1v) is 11.4. The van der Waals surface area contributed by atoms with Crippen molar-refractivity contribution >= 4 is 21.6 Å². The number of para-hydroxylation sites is 1. The van der Waals surface area contributed by atoms with Gasteiger partial charge in [-0.15, -0.1) is 0 Å². The van der Waals surface area contributed by atoms with Crippen LogP contribution in [0.25, 0.3) is 0 Å². The van der Waals surface area contributed by atoms with Crippen molar-refractivity contribution in [3.05, 3.63) is 96.1 Å². The van der Waals surface area contributed by atoms with E-state index in [-0.39, 0.29) is 28.1 Å². The second-order valence-electron chi connectivity index (χ2n) is 7.53. The van der Waals surface area contributed by atoms with Crippen LogP contribution in [0, 0.1) is 5.92 Å². The Bertz CT molecular complexity index is 1080. The highest BCUT2D eigenvalue weighted by atomic mass is 32.2. The molecule has 0 unspecified atom stereocenters. The van der Waals surface area contributed by atoms with Crippen LogP contribution >= 0.6 is 0 Å². The van der Waals surface area contributed by atoms with Crippen molar-refractivity contribution in [1.29, 1.82) is 0 Å². The second kappa shape index (κ2) is 9.59. The minimum Gasteiger partial charge on any atom is -0.345 e. The van der Waals surface area contributed by atoms with Crippen LogP contribution in [-0.4, -0.2) is 14.3 Å². The Labute approximate surface area is 178 Å². The summed E-state index contributed by atoms with van der Waals surface area (Å²) in [5.74, 6) is 0.0539. The van der Waals surface area contributed by atoms with Crippen molar-refractivity contribution in [3.8, 4) is 0 Å². The van der Waals surface area contributed by atoms with E-state index < -0.39 is 10.0 Å². The number of carbonyl (C=O) groups is 1. The summed E-state index contributed by atoms with van der Waals surface area (Å²) < 4.78 is 28.0. The number of benzene rings is 3. The van der Waals surface area contributed by atoms with E-state index in [0.717, 1.165) is 12.0 Å². The molecule has 0 saturated heterocycles. The van der Waals surface area contributed by atoms with Gasteiger partial charge in [-0.25, -0.2) is 8.42 Å². The summed E-state index contributed by atoms with van der Waals surface area (Å²) in [6.07, 6.45) is 0.771. The van der Waals surface area contributed by atoms with Crippen molar-refractivity contribution < 1.29 is 13.2 Å². The molecule has 0 saturated carbocycles. The van der Waals surface area contributed by atoms with Gasteiger partial charge in [-0.1, -0.05) is 74.5 Å². The number of amides is 1. The highest BCUT2D eigenvalue weighted by molar-refractivity contribution is 7.92. The number of nitrogens with one attached hydrogen (secondary N) is 2. The summed E-state index contributed by atoms with van der Waals surface area (Å²) in [6, 6.07) is 24.3. The predicted molar refractivity (Wildman–Crippen MR) is 120 cm³/mol. The maximum absolute atomic E-state index is 13.1. The molecule has 3 aromatic carbocycles. The quantitative estimate of drug-likeness (QED) is 0.536. The molecule has 1 atom stereocenters. The lowest BCUT2D eigenvalue weighted by Crippen LogP contribution is -2.30. The van der Waals surface area contributed by atoms with E-state index >= 15 is 0 Å². The van der Waals surface area contributed by atoms with Crippen LogP contribution in [0.1, 0.15) is 42.2 Å². The summed E-state index contributed by atoms with van der Waals surface area (Å²) >= 11 is 0. The molecule has 2 N–H and O–H groups in total. The monoisotopic (exact) mass is 422 g/mol. The van der Waals surface area contributed by atoms with Gasteiger partial charge in [-0.2, -0.15) is 0 Å². The third-order valence-electron chi connectivity index (χ3n) is 4.68. The number of anilines is 1. The molecule has 0 spiro atoms. The molecule has 0 aromatic heterocycles. The van der Waals surface area contributed by atoms with Crippen LogP contribution < -0.4 is 10.0 Å². The van der Waals surface area contributed by atoms with Gasteiger partial charge in [0.25, 0.3) is 15.9 Å². The maximum atomic E-state index is 13.1. The fourth-order valence-corrected chi connectivity index (χ4v) is 4.35. The average molecular weight is 423 g/mol. The molecule has 156 valence electrons. The Kier molecular flexibility index (Phi) is 6.90. The first-order valence-electron chi connectivity index (χ1n) is 9.89. The van der Waals surface area contributed by atoms with Gasteiger partial charge in [-0.3, -0.25) is 9.52 Å². The van der Waals surface area contributed by atoms with Crippen molar-refractivity contribution in [3.63, 3.8) is 0 Å². The Balaban J connectivity index is 1.86. The SMILES string of the molecule is CC(C)C[C@@H](NC(=O)c1ccccc1NS(=O)(=O)c1ccccc1)c1ccccc1. The molecule has 3 aromatic rings. The minimum absolute atomic E-state index is 0.141. The number of hydrogen-bond donors (Lipinski definition) is 2. The zero-order valence-corrected chi connectivity index (χ0v) is 17.9. The van der Waals surface area contributed by atoms with Gasteiger partial charge in [0, 0.05) is 0 Å². The number of hydrogen-bond acceptors (Lipinski definition) is 3. The smallest absolute Gasteiger partial charge is 0.261 e. The van der Waals surface area contributed by atoms with Crippen LogP contribution in [-0.2, 0) is 10.0 Å². The number of rotatable bonds is 8. The van der Waals surface area contributed by atoms with Crippen molar-refractivity contribution in [2.24, 2.45) is 5.92 Å². The van der Waals surface area contributed by atoms with Crippen LogP contribution in [0.3, 0.4) is 0 Å². The zero-order valence-electron chi connectivity index (χ0n) is 17.1. The molecule has 30 heavy (non-hydrogen) atoms. The second-order valence-corrected chi connectivity index (χ2v) is 9.21. The lowest BCUT2D eigenvalue weighted by Gasteiger charge is -2.22. The van der Waals surface area contributed by atoms with E-state index in [4.69, 9.17) is 0 Å². The Morgan fingerprint density at radius 3 is 2.03 bits per heavy atom. The first kappa shape index (κ1) is 21.6. The fraction of sp³-hybridized carbons (Fsp3) is 0.208. The summed E-state index contributed by atoms with van der Waals surface area (Å²) in [6.45, 7) is 4.20. The molecule has 1 amide bonds. The largest absolute Gasteiger partial charge is 0.345 e. The number of sulfonamides is 1. The van der Waals surface area contributed by atoms with Crippen LogP contribution in [0.5, 0.6) is 0 Å². The van der Waals surface area contributed by atoms with Gasteiger partial charge in [0.15, 0.2) is 0 Å². The van der Waals surface area contributed by atoms with Crippen LogP contribution in [0.2, 0.25) is 0 Å². The van der Waals surface area contributed by atoms with E-state index in [1.165, 1.54) is 12.1 Å². The van der Waals surface area contributed by atoms with Gasteiger partial charge in [-0.05, 0) is 42.2 Å². The zero-order chi connectivity index (χ0) is 21.6. The summed E-state index contributed by atoms with van der Waals surface area (Å²) in [4.78, 5) is 13.2. The topological polar surface area (TPSA) is 75.3 Å². The average Bonchev–Trinajstić information content (AvgIpc) is 2.74. The van der Waals surface area contributed by atoms with Crippen LogP contribution in [0.4, 0.5) is 5.69 Å². The highest BCUT2D eigenvalue weighted by Gasteiger charge is 2.21. The van der Waals surface area contributed by atoms with E-state index in [2.05, 4.69) is 23.9 Å².